The standard InChI is InChI=1S/C21H23NO3/c1-15-9-11-16(12-10-15)20(23)17-6-5-13-22(14-17)21(24)18-7-3-4-8-19(18)25-2/h3-4,7-12,17H,5-6,13-14H2,1-2H3. The number of aryl methyl sites for hydroxylation is 1. The fourth-order valence-corrected chi connectivity index (χ4v) is 3.32. The molecule has 0 bridgehead atoms. The van der Waals surface area contributed by atoms with Crippen LogP contribution in [0.3, 0.4) is 0 Å². The van der Waals surface area contributed by atoms with Gasteiger partial charge in [-0.15, -0.1) is 0 Å². The average molecular weight is 337 g/mol. The number of carbonyl (C=O) groups is 2. The number of piperidine rings is 1. The number of Topliss-reactive ketones (excluding diaryl/α,β-unsaturated/α-hetero) is 1. The molecule has 130 valence electrons. The highest BCUT2D eigenvalue weighted by Crippen LogP contribution is 2.25. The molecule has 3 rings (SSSR count). The van der Waals surface area contributed by atoms with Crippen molar-refractivity contribution < 1.29 is 14.3 Å². The van der Waals surface area contributed by atoms with E-state index in [-0.39, 0.29) is 17.6 Å². The summed E-state index contributed by atoms with van der Waals surface area (Å²) < 4.78 is 5.30. The molecule has 2 aromatic rings. The highest BCUT2D eigenvalue weighted by atomic mass is 16.5. The topological polar surface area (TPSA) is 46.6 Å². The van der Waals surface area contributed by atoms with Crippen LogP contribution in [0.4, 0.5) is 0 Å². The zero-order chi connectivity index (χ0) is 17.8. The van der Waals surface area contributed by atoms with Crippen LogP contribution in [-0.4, -0.2) is 36.8 Å². The van der Waals surface area contributed by atoms with E-state index in [9.17, 15) is 9.59 Å². The van der Waals surface area contributed by atoms with Crippen molar-refractivity contribution in [2.75, 3.05) is 20.2 Å². The van der Waals surface area contributed by atoms with E-state index in [2.05, 4.69) is 0 Å². The molecule has 0 spiro atoms. The summed E-state index contributed by atoms with van der Waals surface area (Å²) >= 11 is 0. The van der Waals surface area contributed by atoms with Crippen molar-refractivity contribution in [1.82, 2.24) is 4.90 Å². The predicted molar refractivity (Wildman–Crippen MR) is 97.1 cm³/mol. The quantitative estimate of drug-likeness (QED) is 0.799. The van der Waals surface area contributed by atoms with Crippen LogP contribution in [0.25, 0.3) is 0 Å². The first-order valence-electron chi connectivity index (χ1n) is 8.63. The lowest BCUT2D eigenvalue weighted by Gasteiger charge is -2.32. The summed E-state index contributed by atoms with van der Waals surface area (Å²) in [5, 5.41) is 0. The number of nitrogens with zero attached hydrogens (tertiary/aromatic N) is 1. The third-order valence-electron chi connectivity index (χ3n) is 4.75. The maximum Gasteiger partial charge on any atom is 0.257 e. The van der Waals surface area contributed by atoms with E-state index in [4.69, 9.17) is 4.74 Å². The second-order valence-electron chi connectivity index (χ2n) is 6.52. The average Bonchev–Trinajstić information content (AvgIpc) is 2.67. The molecule has 4 heteroatoms. The van der Waals surface area contributed by atoms with Crippen LogP contribution < -0.4 is 4.74 Å². The van der Waals surface area contributed by atoms with E-state index in [0.717, 1.165) is 24.0 Å². The van der Waals surface area contributed by atoms with Gasteiger partial charge in [-0.05, 0) is 31.9 Å². The van der Waals surface area contributed by atoms with E-state index in [1.54, 1.807) is 24.1 Å². The summed E-state index contributed by atoms with van der Waals surface area (Å²) in [6.45, 7) is 3.14. The number of amides is 1. The Morgan fingerprint density at radius 2 is 1.80 bits per heavy atom. The van der Waals surface area contributed by atoms with Crippen molar-refractivity contribution in [1.29, 1.82) is 0 Å². The Morgan fingerprint density at radius 3 is 2.52 bits per heavy atom. The summed E-state index contributed by atoms with van der Waals surface area (Å²) in [6.07, 6.45) is 1.66. The van der Waals surface area contributed by atoms with Crippen molar-refractivity contribution in [2.24, 2.45) is 5.92 Å². The molecule has 0 radical (unpaired) electrons. The molecule has 4 nitrogen and oxygen atoms in total. The summed E-state index contributed by atoms with van der Waals surface area (Å²) in [5.74, 6) is 0.478. The molecule has 0 saturated carbocycles. The van der Waals surface area contributed by atoms with Gasteiger partial charge in [0, 0.05) is 24.6 Å². The molecular weight excluding hydrogens is 314 g/mol. The summed E-state index contributed by atoms with van der Waals surface area (Å²) in [4.78, 5) is 27.4. The van der Waals surface area contributed by atoms with Gasteiger partial charge in [0.25, 0.3) is 5.91 Å². The third kappa shape index (κ3) is 3.73. The van der Waals surface area contributed by atoms with Crippen LogP contribution in [0.1, 0.15) is 39.1 Å². The minimum atomic E-state index is -0.143. The van der Waals surface area contributed by atoms with Crippen LogP contribution in [0, 0.1) is 12.8 Å². The number of likely N-dealkylation sites (tertiary alicyclic amines) is 1. The maximum absolute atomic E-state index is 12.9. The number of methoxy groups -OCH3 is 1. The molecule has 1 saturated heterocycles. The van der Waals surface area contributed by atoms with Gasteiger partial charge in [-0.1, -0.05) is 42.0 Å². The zero-order valence-corrected chi connectivity index (χ0v) is 14.7. The first-order chi connectivity index (χ1) is 12.1. The zero-order valence-electron chi connectivity index (χ0n) is 14.7. The first-order valence-corrected chi connectivity index (χ1v) is 8.63. The van der Waals surface area contributed by atoms with Crippen LogP contribution >= 0.6 is 0 Å². The van der Waals surface area contributed by atoms with Gasteiger partial charge in [0.2, 0.25) is 0 Å². The molecule has 0 aliphatic carbocycles. The normalized spacial score (nSPS) is 17.2. The number of hydrogen-bond acceptors (Lipinski definition) is 3. The van der Waals surface area contributed by atoms with Crippen molar-refractivity contribution >= 4 is 11.7 Å². The van der Waals surface area contributed by atoms with Gasteiger partial charge in [-0.3, -0.25) is 9.59 Å². The van der Waals surface area contributed by atoms with Gasteiger partial charge in [0.15, 0.2) is 5.78 Å². The van der Waals surface area contributed by atoms with Crippen molar-refractivity contribution in [3.05, 3.63) is 65.2 Å². The highest BCUT2D eigenvalue weighted by molar-refractivity contribution is 6.00. The molecule has 1 aliphatic rings. The van der Waals surface area contributed by atoms with Gasteiger partial charge in [-0.2, -0.15) is 0 Å². The molecule has 1 unspecified atom stereocenters. The third-order valence-corrected chi connectivity index (χ3v) is 4.75. The molecule has 1 atom stereocenters. The number of hydrogen-bond donors (Lipinski definition) is 0. The molecule has 1 amide bonds. The van der Waals surface area contributed by atoms with Crippen molar-refractivity contribution in [2.45, 2.75) is 19.8 Å². The highest BCUT2D eigenvalue weighted by Gasteiger charge is 2.30. The molecular formula is C21H23NO3. The summed E-state index contributed by atoms with van der Waals surface area (Å²) in [5.41, 5.74) is 2.41. The summed E-state index contributed by atoms with van der Waals surface area (Å²) in [7, 11) is 1.56. The number of rotatable bonds is 4. The van der Waals surface area contributed by atoms with E-state index >= 15 is 0 Å². The minimum Gasteiger partial charge on any atom is -0.496 e. The van der Waals surface area contributed by atoms with Crippen LogP contribution in [0.5, 0.6) is 5.75 Å². The van der Waals surface area contributed by atoms with Crippen molar-refractivity contribution in [3.63, 3.8) is 0 Å². The smallest absolute Gasteiger partial charge is 0.257 e. The number of ether oxygens (including phenoxy) is 1. The van der Waals surface area contributed by atoms with E-state index in [0.29, 0.717) is 24.4 Å². The Labute approximate surface area is 148 Å². The fraction of sp³-hybridized carbons (Fsp3) is 0.333. The minimum absolute atomic E-state index is 0.0705. The first kappa shape index (κ1) is 17.2. The molecule has 2 aromatic carbocycles. The Balaban J connectivity index is 1.75. The van der Waals surface area contributed by atoms with Gasteiger partial charge >= 0.3 is 0 Å². The molecule has 1 fully saturated rings. The lowest BCUT2D eigenvalue weighted by molar-refractivity contribution is 0.0634. The van der Waals surface area contributed by atoms with E-state index in [1.165, 1.54) is 0 Å². The number of para-hydroxylation sites is 1. The number of ketones is 1. The number of carbonyl (C=O) groups excluding carboxylic acids is 2. The van der Waals surface area contributed by atoms with Crippen molar-refractivity contribution in [3.8, 4) is 5.75 Å². The lowest BCUT2D eigenvalue weighted by Crippen LogP contribution is -2.42. The molecule has 1 aliphatic heterocycles. The van der Waals surface area contributed by atoms with E-state index < -0.39 is 0 Å². The van der Waals surface area contributed by atoms with Gasteiger partial charge in [0.1, 0.15) is 5.75 Å². The lowest BCUT2D eigenvalue weighted by atomic mass is 9.89. The Hall–Kier alpha value is -2.62. The summed E-state index contributed by atoms with van der Waals surface area (Å²) in [6, 6.07) is 14.9. The monoisotopic (exact) mass is 337 g/mol. The fourth-order valence-electron chi connectivity index (χ4n) is 3.32. The van der Waals surface area contributed by atoms with Gasteiger partial charge in [0.05, 0.1) is 12.7 Å². The Bertz CT molecular complexity index is 767. The Kier molecular flexibility index (Phi) is 5.17. The largest absolute Gasteiger partial charge is 0.496 e. The maximum atomic E-state index is 12.9. The number of benzene rings is 2. The molecule has 0 aromatic heterocycles. The van der Waals surface area contributed by atoms with Gasteiger partial charge < -0.3 is 9.64 Å². The molecule has 0 N–H and O–H groups in total. The molecule has 25 heavy (non-hydrogen) atoms. The van der Waals surface area contributed by atoms with Crippen LogP contribution in [-0.2, 0) is 0 Å². The van der Waals surface area contributed by atoms with Crippen LogP contribution in [0.2, 0.25) is 0 Å². The predicted octanol–water partition coefficient (Wildman–Crippen LogP) is 3.74. The van der Waals surface area contributed by atoms with Gasteiger partial charge in [-0.25, -0.2) is 0 Å². The van der Waals surface area contributed by atoms with E-state index in [1.807, 2.05) is 43.3 Å². The molecule has 1 heterocycles. The Morgan fingerprint density at radius 1 is 1.08 bits per heavy atom. The SMILES string of the molecule is COc1ccccc1C(=O)N1CCCC(C(=O)c2ccc(C)cc2)C1. The second kappa shape index (κ2) is 7.51. The second-order valence-corrected chi connectivity index (χ2v) is 6.52. The van der Waals surface area contributed by atoms with Crippen LogP contribution in [0.15, 0.2) is 48.5 Å².